The molecule has 0 amide bonds. The number of hydrogen-bond donors (Lipinski definition) is 5. The Morgan fingerprint density at radius 1 is 0.974 bits per heavy atom. The van der Waals surface area contributed by atoms with Gasteiger partial charge in [-0.1, -0.05) is 30.3 Å². The SMILES string of the molecule is O=c1ccn([C@@H]2O[C@H](COP(=O)(O)OP(=O)(O)O)C(O)C2O)c(=O)n1Cc1cc(Cc2ccccc2)ccn1. The molecule has 3 aromatic rings. The van der Waals surface area contributed by atoms with Crippen molar-refractivity contribution in [3.05, 3.63) is 98.6 Å². The number of nitrogens with zero attached hydrogens (tertiary/aromatic N) is 3. The van der Waals surface area contributed by atoms with Gasteiger partial charge < -0.3 is 29.6 Å². The summed E-state index contributed by atoms with van der Waals surface area (Å²) < 4.78 is 37.7. The zero-order valence-electron chi connectivity index (χ0n) is 20.0. The molecule has 1 aliphatic heterocycles. The highest BCUT2D eigenvalue weighted by Gasteiger charge is 2.46. The fourth-order valence-corrected chi connectivity index (χ4v) is 5.61. The molecule has 0 radical (unpaired) electrons. The molecule has 17 heteroatoms. The van der Waals surface area contributed by atoms with Gasteiger partial charge in [0.2, 0.25) is 0 Å². The van der Waals surface area contributed by atoms with Gasteiger partial charge in [-0.3, -0.25) is 23.4 Å². The van der Waals surface area contributed by atoms with Crippen molar-refractivity contribution < 1.29 is 47.6 Å². The van der Waals surface area contributed by atoms with Gasteiger partial charge in [-0.2, -0.15) is 4.31 Å². The summed E-state index contributed by atoms with van der Waals surface area (Å²) in [6.45, 7) is -1.14. The van der Waals surface area contributed by atoms with Crippen molar-refractivity contribution in [1.82, 2.24) is 14.1 Å². The van der Waals surface area contributed by atoms with Gasteiger partial charge in [0.1, 0.15) is 18.3 Å². The minimum atomic E-state index is -5.38. The lowest BCUT2D eigenvalue weighted by Gasteiger charge is -2.19. The summed E-state index contributed by atoms with van der Waals surface area (Å²) in [5.41, 5.74) is 0.830. The molecule has 1 fully saturated rings. The second-order valence-corrected chi connectivity index (χ2v) is 11.5. The van der Waals surface area contributed by atoms with Crippen LogP contribution in [-0.4, -0.2) is 63.9 Å². The summed E-state index contributed by atoms with van der Waals surface area (Å²) in [4.78, 5) is 56.7. The predicted octanol–water partition coefficient (Wildman–Crippen LogP) is -0.110. The van der Waals surface area contributed by atoms with E-state index in [0.29, 0.717) is 12.1 Å². The number of phosphoric acid groups is 2. The van der Waals surface area contributed by atoms with E-state index < -0.39 is 58.0 Å². The molecule has 15 nitrogen and oxygen atoms in total. The van der Waals surface area contributed by atoms with Gasteiger partial charge in [0.05, 0.1) is 18.8 Å². The number of aromatic nitrogens is 3. The predicted molar refractivity (Wildman–Crippen MR) is 132 cm³/mol. The van der Waals surface area contributed by atoms with Crippen molar-refractivity contribution in [2.45, 2.75) is 37.5 Å². The average Bonchev–Trinajstić information content (AvgIpc) is 3.13. The summed E-state index contributed by atoms with van der Waals surface area (Å²) in [5.74, 6) is 0. The Morgan fingerprint density at radius 3 is 2.38 bits per heavy atom. The maximum absolute atomic E-state index is 13.2. The van der Waals surface area contributed by atoms with Crippen molar-refractivity contribution in [3.8, 4) is 0 Å². The Morgan fingerprint density at radius 2 is 1.69 bits per heavy atom. The molecule has 5 N–H and O–H groups in total. The van der Waals surface area contributed by atoms with Crippen LogP contribution in [0.2, 0.25) is 0 Å². The van der Waals surface area contributed by atoms with E-state index in [1.807, 2.05) is 36.4 Å². The first-order valence-electron chi connectivity index (χ1n) is 11.4. The molecule has 2 aromatic heterocycles. The molecular formula is C22H25N3O12P2. The van der Waals surface area contributed by atoms with Gasteiger partial charge in [-0.05, 0) is 29.7 Å². The van der Waals surface area contributed by atoms with Gasteiger partial charge in [0.25, 0.3) is 5.56 Å². The van der Waals surface area contributed by atoms with Gasteiger partial charge in [0, 0.05) is 18.5 Å². The molecule has 0 saturated carbocycles. The van der Waals surface area contributed by atoms with Crippen molar-refractivity contribution >= 4 is 15.6 Å². The minimum Gasteiger partial charge on any atom is -0.387 e. The smallest absolute Gasteiger partial charge is 0.387 e. The van der Waals surface area contributed by atoms with E-state index in [1.165, 1.54) is 0 Å². The summed E-state index contributed by atoms with van der Waals surface area (Å²) >= 11 is 0. The maximum Gasteiger partial charge on any atom is 0.481 e. The molecule has 1 aliphatic rings. The van der Waals surface area contributed by atoms with E-state index in [1.54, 1.807) is 12.3 Å². The first-order chi connectivity index (χ1) is 18.3. The molecule has 1 aromatic carbocycles. The highest BCUT2D eigenvalue weighted by molar-refractivity contribution is 7.60. The number of aliphatic hydroxyl groups excluding tert-OH is 2. The van der Waals surface area contributed by atoms with Crippen molar-refractivity contribution in [2.24, 2.45) is 0 Å². The normalized spacial score (nSPS) is 23.0. The Hall–Kier alpha value is -2.81. The second kappa shape index (κ2) is 11.7. The van der Waals surface area contributed by atoms with Gasteiger partial charge in [-0.25, -0.2) is 13.9 Å². The van der Waals surface area contributed by atoms with Crippen LogP contribution in [0.1, 0.15) is 23.0 Å². The Bertz CT molecular complexity index is 1520. The van der Waals surface area contributed by atoms with E-state index in [9.17, 15) is 33.8 Å². The van der Waals surface area contributed by atoms with E-state index >= 15 is 0 Å². The van der Waals surface area contributed by atoms with E-state index in [0.717, 1.165) is 32.5 Å². The molecule has 39 heavy (non-hydrogen) atoms. The van der Waals surface area contributed by atoms with E-state index in [4.69, 9.17) is 14.5 Å². The van der Waals surface area contributed by atoms with Crippen LogP contribution in [0, 0.1) is 0 Å². The lowest BCUT2D eigenvalue weighted by atomic mass is 10.1. The molecule has 1 saturated heterocycles. The Balaban J connectivity index is 1.52. The Labute approximate surface area is 220 Å². The van der Waals surface area contributed by atoms with Gasteiger partial charge in [-0.15, -0.1) is 0 Å². The van der Waals surface area contributed by atoms with Crippen molar-refractivity contribution in [3.63, 3.8) is 0 Å². The number of benzene rings is 1. The lowest BCUT2D eigenvalue weighted by molar-refractivity contribution is -0.0547. The zero-order valence-corrected chi connectivity index (χ0v) is 21.8. The highest BCUT2D eigenvalue weighted by Crippen LogP contribution is 2.57. The summed E-state index contributed by atoms with van der Waals surface area (Å²) in [7, 11) is -10.6. The van der Waals surface area contributed by atoms with Crippen molar-refractivity contribution in [1.29, 1.82) is 0 Å². The largest absolute Gasteiger partial charge is 0.481 e. The third-order valence-electron chi connectivity index (χ3n) is 5.77. The topological polar surface area (TPSA) is 220 Å². The lowest BCUT2D eigenvalue weighted by Crippen LogP contribution is -2.43. The highest BCUT2D eigenvalue weighted by atomic mass is 31.3. The molecule has 210 valence electrons. The number of phosphoric ester groups is 1. The van der Waals surface area contributed by atoms with Crippen LogP contribution in [0.25, 0.3) is 0 Å². The van der Waals surface area contributed by atoms with Crippen LogP contribution in [0.15, 0.2) is 70.5 Å². The third-order valence-corrected chi connectivity index (χ3v) is 7.92. The number of aliphatic hydroxyl groups is 2. The molecular weight excluding hydrogens is 560 g/mol. The van der Waals surface area contributed by atoms with Crippen LogP contribution in [0.5, 0.6) is 0 Å². The maximum atomic E-state index is 13.2. The van der Waals surface area contributed by atoms with Gasteiger partial charge in [0.15, 0.2) is 6.23 Å². The number of rotatable bonds is 10. The van der Waals surface area contributed by atoms with Gasteiger partial charge >= 0.3 is 21.3 Å². The molecule has 5 atom stereocenters. The van der Waals surface area contributed by atoms with E-state index in [2.05, 4.69) is 13.8 Å². The molecule has 4 rings (SSSR count). The summed E-state index contributed by atoms with van der Waals surface area (Å²) in [5, 5.41) is 20.8. The molecule has 3 heterocycles. The average molecular weight is 585 g/mol. The first-order valence-corrected chi connectivity index (χ1v) is 14.4. The Kier molecular flexibility index (Phi) is 8.78. The summed E-state index contributed by atoms with van der Waals surface area (Å²) in [6.07, 6.45) is -3.31. The number of hydrogen-bond acceptors (Lipinski definition) is 10. The molecule has 3 unspecified atom stereocenters. The van der Waals surface area contributed by atoms with Crippen LogP contribution in [0.4, 0.5) is 0 Å². The fourth-order valence-electron chi connectivity index (χ4n) is 4.01. The zero-order chi connectivity index (χ0) is 28.4. The number of pyridine rings is 1. The van der Waals surface area contributed by atoms with Crippen LogP contribution in [-0.2, 0) is 35.7 Å². The second-order valence-electron chi connectivity index (χ2n) is 8.63. The van der Waals surface area contributed by atoms with Crippen molar-refractivity contribution in [2.75, 3.05) is 6.61 Å². The van der Waals surface area contributed by atoms with Crippen LogP contribution < -0.4 is 11.2 Å². The quantitative estimate of drug-likeness (QED) is 0.196. The van der Waals surface area contributed by atoms with Crippen LogP contribution >= 0.6 is 15.6 Å². The number of ether oxygens (including phenoxy) is 1. The standard InChI is InChI=1S/C22H25N3O12P2/c26-18-7-9-24(21-20(28)19(27)17(36-21)13-35-39(33,34)37-38(30,31)32)22(29)25(18)12-16-11-15(6-8-23-16)10-14-4-2-1-3-5-14/h1-9,11,17,19-21,27-28H,10,12-13H2,(H,33,34)(H2,30,31,32)/t17-,19?,20?,21-/m1/s1. The molecule has 0 spiro atoms. The molecule has 0 bridgehead atoms. The van der Waals surface area contributed by atoms with Crippen LogP contribution in [0.3, 0.4) is 0 Å². The molecule has 0 aliphatic carbocycles. The summed E-state index contributed by atoms with van der Waals surface area (Å²) in [6, 6.07) is 14.3. The first kappa shape index (κ1) is 29.2. The fraction of sp³-hybridized carbons (Fsp3) is 0.318. The van der Waals surface area contributed by atoms with E-state index in [-0.39, 0.29) is 6.54 Å². The monoisotopic (exact) mass is 585 g/mol. The third kappa shape index (κ3) is 7.44. The minimum absolute atomic E-state index is 0.202.